The molecular formula is C15H23N3O3. The number of esters is 1. The molecule has 2 N–H and O–H groups in total. The van der Waals surface area contributed by atoms with Gasteiger partial charge in [0.25, 0.3) is 0 Å². The highest BCUT2D eigenvalue weighted by Crippen LogP contribution is 2.15. The molecule has 21 heavy (non-hydrogen) atoms. The first-order valence-corrected chi connectivity index (χ1v) is 6.84. The van der Waals surface area contributed by atoms with Crippen LogP contribution in [0.4, 0.5) is 0 Å². The lowest BCUT2D eigenvalue weighted by Crippen LogP contribution is -2.27. The minimum Gasteiger partial charge on any atom is -0.482 e. The van der Waals surface area contributed by atoms with Gasteiger partial charge in [-0.05, 0) is 51.8 Å². The van der Waals surface area contributed by atoms with Crippen LogP contribution in [-0.2, 0) is 16.0 Å². The molecule has 1 aromatic carbocycles. The van der Waals surface area contributed by atoms with Gasteiger partial charge < -0.3 is 15.3 Å². The van der Waals surface area contributed by atoms with Crippen molar-refractivity contribution in [2.45, 2.75) is 45.8 Å². The average Bonchev–Trinajstić information content (AvgIpc) is 2.36. The van der Waals surface area contributed by atoms with Crippen LogP contribution in [0.25, 0.3) is 0 Å². The zero-order valence-corrected chi connectivity index (χ0v) is 13.0. The fourth-order valence-electron chi connectivity index (χ4n) is 1.73. The van der Waals surface area contributed by atoms with E-state index in [0.717, 1.165) is 12.0 Å². The summed E-state index contributed by atoms with van der Waals surface area (Å²) in [6, 6.07) is 7.50. The molecule has 0 aliphatic heterocycles. The Morgan fingerprint density at radius 1 is 1.29 bits per heavy atom. The van der Waals surface area contributed by atoms with E-state index in [9.17, 15) is 4.79 Å². The first kappa shape index (κ1) is 16.9. The minimum absolute atomic E-state index is 0.0310. The van der Waals surface area contributed by atoms with Crippen molar-refractivity contribution in [1.82, 2.24) is 0 Å². The van der Waals surface area contributed by atoms with Gasteiger partial charge in [-0.15, -0.1) is 0 Å². The summed E-state index contributed by atoms with van der Waals surface area (Å²) in [5.74, 6) is 5.25. The normalized spacial score (nSPS) is 13.1. The molecule has 0 spiro atoms. The van der Waals surface area contributed by atoms with E-state index in [0.29, 0.717) is 5.75 Å². The molecule has 116 valence electrons. The number of carbonyl (C=O) groups excluding carboxylic acids is 1. The van der Waals surface area contributed by atoms with Crippen LogP contribution in [0.5, 0.6) is 5.75 Å². The maximum atomic E-state index is 11.5. The molecule has 0 aliphatic carbocycles. The van der Waals surface area contributed by atoms with E-state index in [1.54, 1.807) is 0 Å². The van der Waals surface area contributed by atoms with Crippen molar-refractivity contribution in [3.8, 4) is 5.75 Å². The fourth-order valence-corrected chi connectivity index (χ4v) is 1.73. The van der Waals surface area contributed by atoms with Crippen LogP contribution in [-0.4, -0.2) is 24.2 Å². The Balaban J connectivity index is 2.46. The summed E-state index contributed by atoms with van der Waals surface area (Å²) < 4.78 is 10.5. The largest absolute Gasteiger partial charge is 0.482 e. The molecule has 0 amide bonds. The summed E-state index contributed by atoms with van der Waals surface area (Å²) in [7, 11) is 0. The average molecular weight is 293 g/mol. The summed E-state index contributed by atoms with van der Waals surface area (Å²) in [5, 5.41) is 7.12. The van der Waals surface area contributed by atoms with Gasteiger partial charge >= 0.3 is 5.97 Å². The van der Waals surface area contributed by atoms with Gasteiger partial charge in [-0.2, -0.15) is 5.11 Å². The molecule has 0 saturated heterocycles. The van der Waals surface area contributed by atoms with E-state index in [2.05, 4.69) is 10.3 Å². The van der Waals surface area contributed by atoms with Crippen LogP contribution in [0.2, 0.25) is 0 Å². The van der Waals surface area contributed by atoms with E-state index < -0.39 is 5.60 Å². The topological polar surface area (TPSA) is 86.3 Å². The Hall–Kier alpha value is -2.11. The maximum Gasteiger partial charge on any atom is 0.344 e. The maximum absolute atomic E-state index is 11.5. The summed E-state index contributed by atoms with van der Waals surface area (Å²) in [6.07, 6.45) is 0.743. The molecule has 1 rings (SSSR count). The molecule has 6 nitrogen and oxygen atoms in total. The van der Waals surface area contributed by atoms with E-state index in [4.69, 9.17) is 15.3 Å². The molecule has 0 radical (unpaired) electrons. The SMILES string of the molecule is CC(Cc1ccc(OCC(=O)OC(C)(C)C)cc1)N=NN. The second-order valence-corrected chi connectivity index (χ2v) is 5.80. The molecule has 1 unspecified atom stereocenters. The number of hydrogen-bond acceptors (Lipinski definition) is 5. The number of ether oxygens (including phenoxy) is 2. The number of nitrogens with two attached hydrogens (primary N) is 1. The number of hydrogen-bond donors (Lipinski definition) is 1. The Labute approximate surface area is 125 Å². The molecule has 1 aromatic rings. The molecule has 0 saturated carbocycles. The smallest absolute Gasteiger partial charge is 0.344 e. The van der Waals surface area contributed by atoms with Crippen LogP contribution in [0, 0.1) is 0 Å². The number of nitrogens with zero attached hydrogens (tertiary/aromatic N) is 2. The van der Waals surface area contributed by atoms with Gasteiger partial charge in [-0.25, -0.2) is 4.79 Å². The van der Waals surface area contributed by atoms with Crippen molar-refractivity contribution in [3.63, 3.8) is 0 Å². The predicted molar refractivity (Wildman–Crippen MR) is 80.0 cm³/mol. The van der Waals surface area contributed by atoms with E-state index in [1.165, 1.54) is 0 Å². The highest BCUT2D eigenvalue weighted by atomic mass is 16.6. The molecule has 0 heterocycles. The molecular weight excluding hydrogens is 270 g/mol. The molecule has 0 aromatic heterocycles. The van der Waals surface area contributed by atoms with Crippen molar-refractivity contribution in [1.29, 1.82) is 0 Å². The van der Waals surface area contributed by atoms with E-state index in [1.807, 2.05) is 52.0 Å². The van der Waals surface area contributed by atoms with Crippen molar-refractivity contribution >= 4 is 5.97 Å². The number of carbonyl (C=O) groups is 1. The zero-order chi connectivity index (χ0) is 15.9. The standard InChI is InChI=1S/C15H23N3O3/c1-11(17-18-16)9-12-5-7-13(8-6-12)20-10-14(19)21-15(2,3)4/h5-8,11H,9-10H2,1-4H3,(H2,16,17). The Morgan fingerprint density at radius 3 is 2.43 bits per heavy atom. The van der Waals surface area contributed by atoms with E-state index >= 15 is 0 Å². The van der Waals surface area contributed by atoms with Crippen LogP contribution in [0.3, 0.4) is 0 Å². The van der Waals surface area contributed by atoms with Gasteiger partial charge in [0.05, 0.1) is 6.04 Å². The van der Waals surface area contributed by atoms with Crippen LogP contribution < -0.4 is 10.6 Å². The van der Waals surface area contributed by atoms with Crippen molar-refractivity contribution < 1.29 is 14.3 Å². The second-order valence-electron chi connectivity index (χ2n) is 5.80. The quantitative estimate of drug-likeness (QED) is 0.378. The monoisotopic (exact) mass is 293 g/mol. The molecule has 0 bridgehead atoms. The van der Waals surface area contributed by atoms with Gasteiger partial charge in [0.15, 0.2) is 6.61 Å². The fraction of sp³-hybridized carbons (Fsp3) is 0.533. The third-order valence-electron chi connectivity index (χ3n) is 2.49. The molecule has 0 fully saturated rings. The molecule has 1 atom stereocenters. The first-order valence-electron chi connectivity index (χ1n) is 6.84. The highest BCUT2D eigenvalue weighted by molar-refractivity contribution is 5.71. The van der Waals surface area contributed by atoms with E-state index in [-0.39, 0.29) is 18.6 Å². The number of benzene rings is 1. The van der Waals surface area contributed by atoms with Gasteiger partial charge in [0, 0.05) is 0 Å². The van der Waals surface area contributed by atoms with Crippen LogP contribution >= 0.6 is 0 Å². The summed E-state index contributed by atoms with van der Waals surface area (Å²) in [5.41, 5.74) is 0.595. The predicted octanol–water partition coefficient (Wildman–Crippen LogP) is 2.66. The van der Waals surface area contributed by atoms with Crippen molar-refractivity contribution in [3.05, 3.63) is 29.8 Å². The lowest BCUT2D eigenvalue weighted by molar-refractivity contribution is -0.157. The minimum atomic E-state index is -0.502. The van der Waals surface area contributed by atoms with Gasteiger partial charge in [-0.1, -0.05) is 17.4 Å². The summed E-state index contributed by atoms with van der Waals surface area (Å²) in [6.45, 7) is 7.29. The molecule has 0 aliphatic rings. The van der Waals surface area contributed by atoms with Gasteiger partial charge in [0.2, 0.25) is 0 Å². The Morgan fingerprint density at radius 2 is 1.90 bits per heavy atom. The Kier molecular flexibility index (Phi) is 6.14. The number of rotatable bonds is 6. The van der Waals surface area contributed by atoms with Crippen molar-refractivity contribution in [2.75, 3.05) is 6.61 Å². The van der Waals surface area contributed by atoms with Gasteiger partial charge in [-0.3, -0.25) is 0 Å². The highest BCUT2D eigenvalue weighted by Gasteiger charge is 2.16. The van der Waals surface area contributed by atoms with Gasteiger partial charge in [0.1, 0.15) is 11.4 Å². The van der Waals surface area contributed by atoms with Crippen molar-refractivity contribution in [2.24, 2.45) is 16.2 Å². The molecule has 6 heteroatoms. The third-order valence-corrected chi connectivity index (χ3v) is 2.49. The summed E-state index contributed by atoms with van der Waals surface area (Å²) in [4.78, 5) is 11.5. The Bertz CT molecular complexity index is 478. The third kappa shape index (κ3) is 7.29. The second kappa shape index (κ2) is 7.61. The zero-order valence-electron chi connectivity index (χ0n) is 13.0. The van der Waals surface area contributed by atoms with Crippen LogP contribution in [0.15, 0.2) is 34.6 Å². The lowest BCUT2D eigenvalue weighted by Gasteiger charge is -2.19. The van der Waals surface area contributed by atoms with Crippen LogP contribution in [0.1, 0.15) is 33.3 Å². The lowest BCUT2D eigenvalue weighted by atomic mass is 10.1. The summed E-state index contributed by atoms with van der Waals surface area (Å²) >= 11 is 0. The first-order chi connectivity index (χ1) is 9.80.